The van der Waals surface area contributed by atoms with E-state index in [4.69, 9.17) is 0 Å². The van der Waals surface area contributed by atoms with Crippen molar-refractivity contribution >= 4 is 34.2 Å². The van der Waals surface area contributed by atoms with Gasteiger partial charge in [-0.2, -0.15) is 5.10 Å². The van der Waals surface area contributed by atoms with Crippen molar-refractivity contribution in [1.29, 1.82) is 0 Å². The third-order valence-corrected chi connectivity index (χ3v) is 2.82. The fraction of sp³-hybridized carbons (Fsp3) is 0.300. The first kappa shape index (κ1) is 12.2. The lowest BCUT2D eigenvalue weighted by Crippen LogP contribution is -2.04. The summed E-state index contributed by atoms with van der Waals surface area (Å²) in [5.41, 5.74) is 1.66. The molecule has 17 heavy (non-hydrogen) atoms. The summed E-state index contributed by atoms with van der Waals surface area (Å²) in [7, 11) is 0. The molecule has 0 atom stereocenters. The Balaban J connectivity index is 2.16. The summed E-state index contributed by atoms with van der Waals surface area (Å²) < 4.78 is 14.8. The van der Waals surface area contributed by atoms with Crippen molar-refractivity contribution < 1.29 is 4.39 Å². The van der Waals surface area contributed by atoms with Crippen LogP contribution in [0.2, 0.25) is 0 Å². The number of nitrogens with one attached hydrogen (secondary N) is 1. The molecule has 0 aromatic carbocycles. The van der Waals surface area contributed by atoms with E-state index < -0.39 is 6.67 Å². The van der Waals surface area contributed by atoms with Crippen LogP contribution < -0.4 is 5.32 Å². The molecule has 0 amide bonds. The molecule has 0 fully saturated rings. The molecule has 7 heteroatoms. The SMILES string of the molecule is Cc1c(Nc2ncc(I)cn2)cnn1CCF. The number of hydrogen-bond acceptors (Lipinski definition) is 4. The Hall–Kier alpha value is -1.25. The number of nitrogens with zero attached hydrogens (tertiary/aromatic N) is 4. The van der Waals surface area contributed by atoms with Crippen LogP contribution in [0, 0.1) is 10.5 Å². The topological polar surface area (TPSA) is 55.6 Å². The largest absolute Gasteiger partial charge is 0.321 e. The van der Waals surface area contributed by atoms with Gasteiger partial charge in [0.15, 0.2) is 0 Å². The minimum Gasteiger partial charge on any atom is -0.321 e. The van der Waals surface area contributed by atoms with E-state index in [2.05, 4.69) is 43.0 Å². The highest BCUT2D eigenvalue weighted by molar-refractivity contribution is 14.1. The number of hydrogen-bond donors (Lipinski definition) is 1. The predicted octanol–water partition coefficient (Wildman–Crippen LogP) is 2.30. The van der Waals surface area contributed by atoms with Gasteiger partial charge in [-0.05, 0) is 29.5 Å². The lowest BCUT2D eigenvalue weighted by atomic mass is 10.4. The van der Waals surface area contributed by atoms with Gasteiger partial charge >= 0.3 is 0 Å². The summed E-state index contributed by atoms with van der Waals surface area (Å²) in [4.78, 5) is 8.26. The Morgan fingerprint density at radius 2 is 2.06 bits per heavy atom. The summed E-state index contributed by atoms with van der Waals surface area (Å²) in [5, 5.41) is 7.12. The molecule has 2 heterocycles. The standard InChI is InChI=1S/C10H11FIN5/c1-7-9(6-15-17(7)3-2-11)16-10-13-4-8(12)5-14-10/h4-6H,2-3H2,1H3,(H,13,14,16). The molecule has 0 aliphatic rings. The monoisotopic (exact) mass is 347 g/mol. The van der Waals surface area contributed by atoms with Gasteiger partial charge in [0.1, 0.15) is 6.67 Å². The quantitative estimate of drug-likeness (QED) is 0.863. The van der Waals surface area contributed by atoms with Crippen LogP contribution in [0.1, 0.15) is 5.69 Å². The maximum atomic E-state index is 12.2. The molecule has 0 spiro atoms. The lowest BCUT2D eigenvalue weighted by Gasteiger charge is -2.04. The van der Waals surface area contributed by atoms with Crippen LogP contribution in [0.25, 0.3) is 0 Å². The second-order valence-corrected chi connectivity index (χ2v) is 4.65. The third kappa shape index (κ3) is 2.90. The summed E-state index contributed by atoms with van der Waals surface area (Å²) >= 11 is 2.14. The van der Waals surface area contributed by atoms with Crippen molar-refractivity contribution in [2.24, 2.45) is 0 Å². The Morgan fingerprint density at radius 3 is 2.71 bits per heavy atom. The van der Waals surface area contributed by atoms with E-state index >= 15 is 0 Å². The normalized spacial score (nSPS) is 10.5. The second-order valence-electron chi connectivity index (χ2n) is 3.41. The summed E-state index contributed by atoms with van der Waals surface area (Å²) in [6, 6.07) is 0. The van der Waals surface area contributed by atoms with E-state index in [1.54, 1.807) is 23.3 Å². The van der Waals surface area contributed by atoms with Gasteiger partial charge in [0, 0.05) is 16.0 Å². The molecule has 0 aliphatic carbocycles. The molecule has 2 rings (SSSR count). The highest BCUT2D eigenvalue weighted by Gasteiger charge is 2.07. The van der Waals surface area contributed by atoms with E-state index in [1.807, 2.05) is 6.92 Å². The smallest absolute Gasteiger partial charge is 0.227 e. The van der Waals surface area contributed by atoms with Gasteiger partial charge in [0.25, 0.3) is 0 Å². The minimum absolute atomic E-state index is 0.265. The average Bonchev–Trinajstić information content (AvgIpc) is 2.65. The summed E-state index contributed by atoms with van der Waals surface area (Å²) in [5.74, 6) is 0.508. The molecule has 0 saturated heterocycles. The molecular weight excluding hydrogens is 336 g/mol. The number of rotatable bonds is 4. The number of anilines is 2. The number of aryl methyl sites for hydroxylation is 1. The highest BCUT2D eigenvalue weighted by Crippen LogP contribution is 2.17. The summed E-state index contributed by atoms with van der Waals surface area (Å²) in [6.07, 6.45) is 5.08. The molecule has 0 radical (unpaired) electrons. The van der Waals surface area contributed by atoms with Crippen molar-refractivity contribution in [3.05, 3.63) is 27.9 Å². The van der Waals surface area contributed by atoms with E-state index in [9.17, 15) is 4.39 Å². The maximum Gasteiger partial charge on any atom is 0.227 e. The van der Waals surface area contributed by atoms with Crippen LogP contribution >= 0.6 is 22.6 Å². The number of halogens is 2. The van der Waals surface area contributed by atoms with Crippen molar-refractivity contribution in [3.8, 4) is 0 Å². The molecule has 5 nitrogen and oxygen atoms in total. The van der Waals surface area contributed by atoms with Gasteiger partial charge in [-0.3, -0.25) is 4.68 Å². The van der Waals surface area contributed by atoms with Crippen LogP contribution in [0.3, 0.4) is 0 Å². The predicted molar refractivity (Wildman–Crippen MR) is 71.0 cm³/mol. The zero-order chi connectivity index (χ0) is 12.3. The third-order valence-electron chi connectivity index (χ3n) is 2.27. The van der Waals surface area contributed by atoms with E-state index in [-0.39, 0.29) is 6.54 Å². The van der Waals surface area contributed by atoms with Crippen LogP contribution in [0.5, 0.6) is 0 Å². The van der Waals surface area contributed by atoms with Crippen molar-refractivity contribution in [2.75, 3.05) is 12.0 Å². The molecule has 0 unspecified atom stereocenters. The first-order valence-electron chi connectivity index (χ1n) is 5.03. The molecule has 0 bridgehead atoms. The zero-order valence-corrected chi connectivity index (χ0v) is 11.3. The highest BCUT2D eigenvalue weighted by atomic mass is 127. The fourth-order valence-electron chi connectivity index (χ4n) is 1.37. The van der Waals surface area contributed by atoms with Crippen LogP contribution in [-0.4, -0.2) is 26.4 Å². The van der Waals surface area contributed by atoms with Gasteiger partial charge < -0.3 is 5.32 Å². The second kappa shape index (κ2) is 5.39. The molecule has 2 aromatic heterocycles. The average molecular weight is 347 g/mol. The van der Waals surface area contributed by atoms with Crippen molar-refractivity contribution in [1.82, 2.24) is 19.7 Å². The minimum atomic E-state index is -0.429. The Kier molecular flexibility index (Phi) is 3.87. The Labute approximate surface area is 112 Å². The van der Waals surface area contributed by atoms with Crippen LogP contribution in [-0.2, 0) is 6.54 Å². The van der Waals surface area contributed by atoms with Crippen molar-refractivity contribution in [2.45, 2.75) is 13.5 Å². The fourth-order valence-corrected chi connectivity index (χ4v) is 1.65. The van der Waals surface area contributed by atoms with Crippen LogP contribution in [0.15, 0.2) is 18.6 Å². The van der Waals surface area contributed by atoms with Gasteiger partial charge in [-0.25, -0.2) is 14.4 Å². The first-order chi connectivity index (χ1) is 8.20. The van der Waals surface area contributed by atoms with Gasteiger partial charge in [-0.15, -0.1) is 0 Å². The van der Waals surface area contributed by atoms with Gasteiger partial charge in [-0.1, -0.05) is 0 Å². The number of alkyl halides is 1. The van der Waals surface area contributed by atoms with E-state index in [0.29, 0.717) is 5.95 Å². The molecule has 90 valence electrons. The number of aromatic nitrogens is 4. The molecule has 0 saturated carbocycles. The lowest BCUT2D eigenvalue weighted by molar-refractivity contribution is 0.423. The summed E-state index contributed by atoms with van der Waals surface area (Å²) in [6.45, 7) is 1.71. The van der Waals surface area contributed by atoms with Gasteiger partial charge in [0.2, 0.25) is 5.95 Å². The molecule has 1 N–H and O–H groups in total. The Bertz CT molecular complexity index is 496. The molecule has 0 aliphatic heterocycles. The molecule has 2 aromatic rings. The van der Waals surface area contributed by atoms with E-state index in [0.717, 1.165) is 15.0 Å². The zero-order valence-electron chi connectivity index (χ0n) is 9.19. The Morgan fingerprint density at radius 1 is 1.35 bits per heavy atom. The maximum absolute atomic E-state index is 12.2. The first-order valence-corrected chi connectivity index (χ1v) is 6.11. The van der Waals surface area contributed by atoms with Gasteiger partial charge in [0.05, 0.1) is 24.1 Å². The molecular formula is C10H11FIN5. The van der Waals surface area contributed by atoms with Crippen LogP contribution in [0.4, 0.5) is 16.0 Å². The van der Waals surface area contributed by atoms with E-state index in [1.165, 1.54) is 0 Å². The van der Waals surface area contributed by atoms with Crippen molar-refractivity contribution in [3.63, 3.8) is 0 Å².